The Morgan fingerprint density at radius 2 is 0.426 bits per heavy atom. The SMILES string of the molecule is c1ccc(-c2cccc([Si](c3ccccc3)(c3ccccc3)c3ccc(-c4nc(-c5ccccc5)nc(-c5cccc([Si](c6ccccc6)(c6ccccc6)c6ccccc6)c5)n4)cc3)c2)cc1. The van der Waals surface area contributed by atoms with Gasteiger partial charge < -0.3 is 0 Å². The van der Waals surface area contributed by atoms with Gasteiger partial charge in [-0.3, -0.25) is 0 Å². The van der Waals surface area contributed by atoms with E-state index < -0.39 is 16.1 Å². The summed E-state index contributed by atoms with van der Waals surface area (Å²) in [7, 11) is -5.69. The molecule has 5 heteroatoms. The van der Waals surface area contributed by atoms with Crippen molar-refractivity contribution in [2.75, 3.05) is 0 Å². The van der Waals surface area contributed by atoms with Gasteiger partial charge in [-0.1, -0.05) is 285 Å². The average Bonchev–Trinajstić information content (AvgIpc) is 3.44. The zero-order chi connectivity index (χ0) is 45.6. The Morgan fingerprint density at radius 3 is 0.809 bits per heavy atom. The summed E-state index contributed by atoms with van der Waals surface area (Å²) in [5.41, 5.74) is 5.21. The summed E-state index contributed by atoms with van der Waals surface area (Å²) in [4.78, 5) is 15.8. The van der Waals surface area contributed by atoms with Crippen LogP contribution in [0.3, 0.4) is 0 Å². The third kappa shape index (κ3) is 7.83. The molecule has 68 heavy (non-hydrogen) atoms. The Kier molecular flexibility index (Phi) is 11.7. The van der Waals surface area contributed by atoms with E-state index >= 15 is 0 Å². The smallest absolute Gasteiger partial charge is 0.179 e. The molecular weight excluding hydrogens is 855 g/mol. The Bertz CT molecular complexity index is 3280. The predicted molar refractivity (Wildman–Crippen MR) is 289 cm³/mol. The van der Waals surface area contributed by atoms with Gasteiger partial charge in [-0.05, 0) is 52.6 Å². The van der Waals surface area contributed by atoms with Crippen LogP contribution in [-0.4, -0.2) is 31.1 Å². The van der Waals surface area contributed by atoms with Crippen LogP contribution in [0.5, 0.6) is 0 Å². The molecule has 0 spiro atoms. The Balaban J connectivity index is 1.09. The fourth-order valence-corrected chi connectivity index (χ4v) is 19.7. The molecule has 0 saturated carbocycles. The largest absolute Gasteiger partial charge is 0.208 e. The lowest BCUT2D eigenvalue weighted by Gasteiger charge is -2.34. The molecule has 0 saturated heterocycles. The number of rotatable bonds is 12. The minimum absolute atomic E-state index is 0.626. The maximum absolute atomic E-state index is 5.36. The quantitative estimate of drug-likeness (QED) is 0.0908. The highest BCUT2D eigenvalue weighted by Gasteiger charge is 2.43. The van der Waals surface area contributed by atoms with Gasteiger partial charge in [-0.2, -0.15) is 0 Å². The third-order valence-corrected chi connectivity index (χ3v) is 22.8. The van der Waals surface area contributed by atoms with Gasteiger partial charge in [-0.15, -0.1) is 0 Å². The van der Waals surface area contributed by atoms with Gasteiger partial charge in [0.15, 0.2) is 33.6 Å². The lowest BCUT2D eigenvalue weighted by molar-refractivity contribution is 1.07. The van der Waals surface area contributed by atoms with Crippen LogP contribution in [0.2, 0.25) is 0 Å². The minimum atomic E-state index is -2.87. The van der Waals surface area contributed by atoms with Gasteiger partial charge >= 0.3 is 0 Å². The normalized spacial score (nSPS) is 11.5. The van der Waals surface area contributed by atoms with E-state index in [1.54, 1.807) is 0 Å². The predicted octanol–water partition coefficient (Wildman–Crippen LogP) is 9.29. The van der Waals surface area contributed by atoms with Crippen molar-refractivity contribution in [2.24, 2.45) is 0 Å². The number of nitrogens with zero attached hydrogens (tertiary/aromatic N) is 3. The minimum Gasteiger partial charge on any atom is -0.208 e. The summed E-state index contributed by atoms with van der Waals surface area (Å²) < 4.78 is 0. The molecule has 0 radical (unpaired) electrons. The highest BCUT2D eigenvalue weighted by atomic mass is 28.3. The van der Waals surface area contributed by atoms with Crippen LogP contribution < -0.4 is 41.5 Å². The van der Waals surface area contributed by atoms with Gasteiger partial charge in [0, 0.05) is 16.7 Å². The standard InChI is InChI=1S/C63H47N3Si2/c1-8-24-48(25-9-1)51-28-22-40-59(46-51)68(56-36-18-6-19-37-56,57-38-20-7-21-39-57)58-44-42-50(43-45-58)62-64-61(49-26-10-2-11-27-49)65-63(66-62)52-29-23-41-60(47-52)67(53-30-12-3-13-31-53,54-32-14-4-15-33-54)55-34-16-5-17-35-55/h1-47H. The van der Waals surface area contributed by atoms with Crippen LogP contribution >= 0.6 is 0 Å². The zero-order valence-corrected chi connectivity index (χ0v) is 39.5. The molecule has 0 bridgehead atoms. The first kappa shape index (κ1) is 42.3. The van der Waals surface area contributed by atoms with E-state index in [4.69, 9.17) is 15.0 Å². The van der Waals surface area contributed by atoms with Crippen molar-refractivity contribution in [1.82, 2.24) is 15.0 Å². The van der Waals surface area contributed by atoms with Gasteiger partial charge in [0.05, 0.1) is 0 Å². The van der Waals surface area contributed by atoms with Crippen molar-refractivity contribution < 1.29 is 0 Å². The molecule has 11 aromatic rings. The average molecular weight is 902 g/mol. The summed E-state index contributed by atoms with van der Waals surface area (Å²) in [5.74, 6) is 1.89. The molecule has 0 aliphatic rings. The first-order chi connectivity index (χ1) is 33.7. The second-order valence-corrected chi connectivity index (χ2v) is 24.7. The maximum Gasteiger partial charge on any atom is 0.179 e. The molecule has 1 aromatic heterocycles. The van der Waals surface area contributed by atoms with Crippen molar-refractivity contribution in [1.29, 1.82) is 0 Å². The highest BCUT2D eigenvalue weighted by molar-refractivity contribution is 7.20. The molecule has 3 nitrogen and oxygen atoms in total. The molecule has 0 aliphatic carbocycles. The third-order valence-electron chi connectivity index (χ3n) is 13.2. The van der Waals surface area contributed by atoms with Gasteiger partial charge in [-0.25, -0.2) is 15.0 Å². The van der Waals surface area contributed by atoms with Crippen LogP contribution in [0.15, 0.2) is 285 Å². The molecule has 1 heterocycles. The van der Waals surface area contributed by atoms with E-state index in [1.165, 1.54) is 52.6 Å². The summed E-state index contributed by atoms with van der Waals surface area (Å²) in [6, 6.07) is 103. The van der Waals surface area contributed by atoms with Crippen molar-refractivity contribution in [3.05, 3.63) is 285 Å². The monoisotopic (exact) mass is 901 g/mol. The lowest BCUT2D eigenvalue weighted by atomic mass is 10.1. The number of benzene rings is 10. The van der Waals surface area contributed by atoms with Crippen molar-refractivity contribution in [2.45, 2.75) is 0 Å². The van der Waals surface area contributed by atoms with Crippen molar-refractivity contribution >= 4 is 57.6 Å². The van der Waals surface area contributed by atoms with E-state index in [1.807, 2.05) is 18.2 Å². The molecule has 11 rings (SSSR count). The molecule has 0 amide bonds. The van der Waals surface area contributed by atoms with Gasteiger partial charge in [0.25, 0.3) is 0 Å². The number of hydrogen-bond acceptors (Lipinski definition) is 3. The van der Waals surface area contributed by atoms with E-state index in [-0.39, 0.29) is 0 Å². The highest BCUT2D eigenvalue weighted by Crippen LogP contribution is 2.26. The fourth-order valence-electron chi connectivity index (χ4n) is 10.1. The van der Waals surface area contributed by atoms with Crippen LogP contribution in [0.25, 0.3) is 45.3 Å². The van der Waals surface area contributed by atoms with Crippen LogP contribution in [0.1, 0.15) is 0 Å². The molecule has 10 aromatic carbocycles. The van der Waals surface area contributed by atoms with E-state index in [2.05, 4.69) is 267 Å². The summed E-state index contributed by atoms with van der Waals surface area (Å²) in [6.07, 6.45) is 0. The first-order valence-corrected chi connectivity index (χ1v) is 27.2. The second kappa shape index (κ2) is 18.9. The lowest BCUT2D eigenvalue weighted by Crippen LogP contribution is -2.74. The van der Waals surface area contributed by atoms with E-state index in [0.29, 0.717) is 17.5 Å². The molecule has 0 atom stereocenters. The summed E-state index contributed by atoms with van der Waals surface area (Å²) in [6.45, 7) is 0. The van der Waals surface area contributed by atoms with Gasteiger partial charge in [0.2, 0.25) is 0 Å². The number of hydrogen-bond donors (Lipinski definition) is 0. The maximum atomic E-state index is 5.36. The molecule has 322 valence electrons. The summed E-state index contributed by atoms with van der Waals surface area (Å²) in [5, 5.41) is 10.4. The molecule has 0 aliphatic heterocycles. The summed E-state index contributed by atoms with van der Waals surface area (Å²) >= 11 is 0. The van der Waals surface area contributed by atoms with Crippen LogP contribution in [-0.2, 0) is 0 Å². The Morgan fingerprint density at radius 1 is 0.176 bits per heavy atom. The molecular formula is C63H47N3Si2. The van der Waals surface area contributed by atoms with Crippen LogP contribution in [0.4, 0.5) is 0 Å². The molecule has 0 unspecified atom stereocenters. The topological polar surface area (TPSA) is 38.7 Å². The second-order valence-electron chi connectivity index (χ2n) is 17.1. The van der Waals surface area contributed by atoms with Crippen LogP contribution in [0, 0.1) is 0 Å². The molecule has 0 N–H and O–H groups in total. The van der Waals surface area contributed by atoms with E-state index in [9.17, 15) is 0 Å². The first-order valence-electron chi connectivity index (χ1n) is 23.2. The molecule has 0 fully saturated rings. The van der Waals surface area contributed by atoms with Crippen molar-refractivity contribution in [3.63, 3.8) is 0 Å². The zero-order valence-electron chi connectivity index (χ0n) is 37.5. The van der Waals surface area contributed by atoms with E-state index in [0.717, 1.165) is 16.7 Å². The number of aromatic nitrogens is 3. The Labute approximate surface area is 400 Å². The van der Waals surface area contributed by atoms with Crippen molar-refractivity contribution in [3.8, 4) is 45.3 Å². The Hall–Kier alpha value is -8.36. The fraction of sp³-hybridized carbons (Fsp3) is 0. The van der Waals surface area contributed by atoms with Gasteiger partial charge in [0.1, 0.15) is 0 Å².